The van der Waals surface area contributed by atoms with Crippen LogP contribution in [0.1, 0.15) is 70.4 Å². The lowest BCUT2D eigenvalue weighted by Gasteiger charge is -2.27. The van der Waals surface area contributed by atoms with Crippen molar-refractivity contribution in [3.8, 4) is 34.5 Å². The molecule has 55 heavy (non-hydrogen) atoms. The molecule has 4 amide bonds. The van der Waals surface area contributed by atoms with Crippen LogP contribution in [0, 0.1) is 18.3 Å². The van der Waals surface area contributed by atoms with Gasteiger partial charge >= 0.3 is 16.2 Å². The summed E-state index contributed by atoms with van der Waals surface area (Å²) in [6.45, 7) is 4.72. The van der Waals surface area contributed by atoms with Gasteiger partial charge in [0, 0.05) is 49.3 Å². The van der Waals surface area contributed by atoms with Crippen LogP contribution in [0.15, 0.2) is 35.7 Å². The number of ether oxygens (including phenoxy) is 2. The standard InChI is InChI=1S/C38H46ClN7O7S2/c1-6-25-13-11-18-46(25)55(50,51)44-36(48)38-21-24(38)12-9-7-8-10-17-45(4)37(49)42-27(34(47)43-38)16-19-53-31-20-28(35-41-29(22-54-35)23(2)3)40-33-26(31)14-15-30(52-5)32(33)39/h1,9,12,14-15,20,22-25,27H,7-8,10-11,13,16-19,21H2,2-5H3,(H,42,49)(H,43,47)(H,44,48)/b12-9-/t24?,25-,27?,38-/m1/s1. The number of carbonyl (C=O) groups is 3. The van der Waals surface area contributed by atoms with Crippen molar-refractivity contribution in [2.24, 2.45) is 5.92 Å². The van der Waals surface area contributed by atoms with E-state index in [1.165, 1.54) is 23.3 Å². The highest BCUT2D eigenvalue weighted by molar-refractivity contribution is 7.87. The first-order valence-electron chi connectivity index (χ1n) is 18.3. The number of halogens is 1. The number of aromatic nitrogens is 2. The fourth-order valence-electron chi connectivity index (χ4n) is 6.80. The third-order valence-corrected chi connectivity index (χ3v) is 12.9. The molecule has 1 aromatic carbocycles. The molecule has 17 heteroatoms. The Morgan fingerprint density at radius 2 is 2.00 bits per heavy atom. The first-order chi connectivity index (χ1) is 26.3. The number of carbonyl (C=O) groups excluding carboxylic acids is 3. The lowest BCUT2D eigenvalue weighted by atomic mass is 10.1. The second-order valence-electron chi connectivity index (χ2n) is 14.3. The molecule has 2 aromatic heterocycles. The van der Waals surface area contributed by atoms with E-state index in [0.29, 0.717) is 63.9 Å². The van der Waals surface area contributed by atoms with E-state index in [1.807, 2.05) is 17.5 Å². The van der Waals surface area contributed by atoms with Gasteiger partial charge < -0.3 is 25.0 Å². The van der Waals surface area contributed by atoms with Crippen molar-refractivity contribution < 1.29 is 32.3 Å². The minimum Gasteiger partial charge on any atom is -0.495 e. The van der Waals surface area contributed by atoms with Crippen LogP contribution in [0.2, 0.25) is 5.02 Å². The minimum atomic E-state index is -4.29. The third-order valence-electron chi connectivity index (χ3n) is 10.2. The number of urea groups is 1. The van der Waals surface area contributed by atoms with Gasteiger partial charge in [0.05, 0.1) is 31.0 Å². The molecule has 4 atom stereocenters. The van der Waals surface area contributed by atoms with Gasteiger partial charge in [0.1, 0.15) is 38.8 Å². The minimum absolute atomic E-state index is 0.00265. The van der Waals surface area contributed by atoms with E-state index in [2.05, 4.69) is 35.1 Å². The molecule has 1 saturated heterocycles. The van der Waals surface area contributed by atoms with Crippen molar-refractivity contribution in [3.63, 3.8) is 0 Å². The summed E-state index contributed by atoms with van der Waals surface area (Å²) in [4.78, 5) is 52.4. The summed E-state index contributed by atoms with van der Waals surface area (Å²) in [6, 6.07) is 2.96. The summed E-state index contributed by atoms with van der Waals surface area (Å²) in [6.07, 6.45) is 12.8. The molecule has 0 spiro atoms. The molecule has 0 radical (unpaired) electrons. The Labute approximate surface area is 330 Å². The molecule has 2 fully saturated rings. The van der Waals surface area contributed by atoms with Gasteiger partial charge in [-0.05, 0) is 56.6 Å². The zero-order chi connectivity index (χ0) is 39.5. The number of terminal acetylenes is 1. The Bertz CT molecular complexity index is 2140. The smallest absolute Gasteiger partial charge is 0.317 e. The number of hydrogen-bond donors (Lipinski definition) is 3. The molecule has 294 valence electrons. The predicted molar refractivity (Wildman–Crippen MR) is 211 cm³/mol. The highest BCUT2D eigenvalue weighted by atomic mass is 35.5. The van der Waals surface area contributed by atoms with Gasteiger partial charge in [0.25, 0.3) is 5.91 Å². The zero-order valence-corrected chi connectivity index (χ0v) is 33.7. The molecular weight excluding hydrogens is 766 g/mol. The van der Waals surface area contributed by atoms with Gasteiger partial charge in [-0.2, -0.15) is 12.7 Å². The van der Waals surface area contributed by atoms with Gasteiger partial charge in [0.15, 0.2) is 0 Å². The van der Waals surface area contributed by atoms with E-state index in [4.69, 9.17) is 37.5 Å². The molecule has 3 aliphatic rings. The topological polar surface area (TPSA) is 172 Å². The molecule has 3 aromatic rings. The Balaban J connectivity index is 1.27. The fourth-order valence-corrected chi connectivity index (χ4v) is 9.43. The number of fused-ring (bicyclic) bond motifs is 2. The van der Waals surface area contributed by atoms with E-state index in [0.717, 1.165) is 22.8 Å². The number of benzene rings is 1. The summed E-state index contributed by atoms with van der Waals surface area (Å²) >= 11 is 8.19. The van der Waals surface area contributed by atoms with Gasteiger partial charge in [-0.15, -0.1) is 17.8 Å². The van der Waals surface area contributed by atoms with Gasteiger partial charge in [0.2, 0.25) is 5.91 Å². The largest absolute Gasteiger partial charge is 0.495 e. The molecule has 3 N–H and O–H groups in total. The van der Waals surface area contributed by atoms with Crippen LogP contribution in [-0.4, -0.2) is 96.9 Å². The van der Waals surface area contributed by atoms with Crippen molar-refractivity contribution in [3.05, 3.63) is 46.4 Å². The Kier molecular flexibility index (Phi) is 12.3. The van der Waals surface area contributed by atoms with Crippen LogP contribution >= 0.6 is 22.9 Å². The molecule has 14 nitrogen and oxygen atoms in total. The number of methoxy groups -OCH3 is 1. The Morgan fingerprint density at radius 3 is 2.73 bits per heavy atom. The van der Waals surface area contributed by atoms with Gasteiger partial charge in [-0.25, -0.2) is 19.5 Å². The number of thiazole rings is 1. The van der Waals surface area contributed by atoms with Crippen LogP contribution in [0.25, 0.3) is 21.6 Å². The molecule has 2 aliphatic heterocycles. The SMILES string of the molecule is C#C[C@@H]1CCCN1S(=O)(=O)NC(=O)[C@@]12CC1/C=C\CCCCN(C)C(=O)NC(CCOc1cc(-c3nc(C(C)C)cs3)nc3c(Cl)c(OC)ccc13)C(=O)N2. The maximum Gasteiger partial charge on any atom is 0.317 e. The number of pyridine rings is 1. The van der Waals surface area contributed by atoms with E-state index >= 15 is 0 Å². The number of amides is 4. The van der Waals surface area contributed by atoms with Crippen molar-refractivity contribution >= 4 is 61.9 Å². The normalized spacial score (nSPS) is 24.3. The van der Waals surface area contributed by atoms with Crippen LogP contribution in [0.4, 0.5) is 4.79 Å². The van der Waals surface area contributed by atoms with Gasteiger partial charge in [-0.1, -0.05) is 43.5 Å². The number of nitrogens with one attached hydrogen (secondary N) is 3. The number of hydrogen-bond acceptors (Lipinski definition) is 10. The highest BCUT2D eigenvalue weighted by Gasteiger charge is 2.61. The summed E-state index contributed by atoms with van der Waals surface area (Å²) in [5.74, 6) is 1.57. The first kappa shape index (κ1) is 40.2. The Morgan fingerprint density at radius 1 is 1.20 bits per heavy atom. The summed E-state index contributed by atoms with van der Waals surface area (Å²) < 4.78 is 41.8. The molecule has 1 aliphatic carbocycles. The summed E-state index contributed by atoms with van der Waals surface area (Å²) in [5, 5.41) is 9.18. The predicted octanol–water partition coefficient (Wildman–Crippen LogP) is 5.00. The zero-order valence-electron chi connectivity index (χ0n) is 31.3. The third kappa shape index (κ3) is 8.70. The fraction of sp³-hybridized carbons (Fsp3) is 0.500. The average molecular weight is 812 g/mol. The van der Waals surface area contributed by atoms with E-state index in [1.54, 1.807) is 25.2 Å². The van der Waals surface area contributed by atoms with Crippen molar-refractivity contribution in [1.29, 1.82) is 0 Å². The molecule has 0 bridgehead atoms. The average Bonchev–Trinajstić information content (AvgIpc) is 3.48. The molecule has 6 rings (SSSR count). The van der Waals surface area contributed by atoms with Crippen molar-refractivity contribution in [2.45, 2.75) is 82.3 Å². The van der Waals surface area contributed by atoms with Crippen molar-refractivity contribution in [2.75, 3.05) is 33.9 Å². The molecular formula is C38H46ClN7O7S2. The molecule has 4 heterocycles. The molecule has 2 unspecified atom stereocenters. The monoisotopic (exact) mass is 811 g/mol. The lowest BCUT2D eigenvalue weighted by molar-refractivity contribution is -0.130. The maximum atomic E-state index is 14.1. The number of nitrogens with zero attached hydrogens (tertiary/aromatic N) is 4. The first-order valence-corrected chi connectivity index (χ1v) is 21.0. The highest BCUT2D eigenvalue weighted by Crippen LogP contribution is 2.46. The van der Waals surface area contributed by atoms with Crippen LogP contribution in [0.5, 0.6) is 11.5 Å². The quantitative estimate of drug-likeness (QED) is 0.188. The number of allylic oxidation sites excluding steroid dienone is 1. The Hall–Kier alpha value is -4.43. The van der Waals surface area contributed by atoms with Crippen LogP contribution in [0.3, 0.4) is 0 Å². The number of rotatable bonds is 10. The van der Waals surface area contributed by atoms with Crippen LogP contribution in [-0.2, 0) is 19.8 Å². The maximum absolute atomic E-state index is 14.1. The van der Waals surface area contributed by atoms with Crippen molar-refractivity contribution in [1.82, 2.24) is 34.5 Å². The van der Waals surface area contributed by atoms with E-state index in [-0.39, 0.29) is 31.9 Å². The second-order valence-corrected chi connectivity index (χ2v) is 17.2. The molecule has 1 saturated carbocycles. The van der Waals surface area contributed by atoms with Crippen LogP contribution < -0.4 is 24.8 Å². The van der Waals surface area contributed by atoms with E-state index in [9.17, 15) is 22.8 Å². The lowest BCUT2D eigenvalue weighted by Crippen LogP contribution is -2.59. The summed E-state index contributed by atoms with van der Waals surface area (Å²) in [7, 11) is -1.13. The summed E-state index contributed by atoms with van der Waals surface area (Å²) in [5.41, 5.74) is 0.351. The van der Waals surface area contributed by atoms with E-state index < -0.39 is 51.6 Å². The van der Waals surface area contributed by atoms with Gasteiger partial charge in [-0.3, -0.25) is 9.59 Å². The second kappa shape index (κ2) is 16.7.